The second kappa shape index (κ2) is 7.35. The number of carboxylic acid groups (broad SMARTS) is 1. The summed E-state index contributed by atoms with van der Waals surface area (Å²) in [5, 5.41) is 10.6. The van der Waals surface area contributed by atoms with E-state index in [0.29, 0.717) is 28.0 Å². The number of carboxylic acids is 1. The SMILES string of the molecule is COc1ccc(/C=C2/CCCc3c2nc2ccccc2c3C(=O)O)cc1OC. The number of hydrogen-bond acceptors (Lipinski definition) is 4. The van der Waals surface area contributed by atoms with Gasteiger partial charge in [0.15, 0.2) is 11.5 Å². The van der Waals surface area contributed by atoms with E-state index in [4.69, 9.17) is 14.5 Å². The molecule has 1 heterocycles. The normalized spacial score (nSPS) is 14.7. The number of carbonyl (C=O) groups is 1. The fraction of sp³-hybridized carbons (Fsp3) is 0.217. The standard InChI is InChI=1S/C23H21NO4/c1-27-19-11-10-14(13-20(19)28-2)12-15-6-5-8-17-21(23(25)26)16-7-3-4-9-18(16)24-22(15)17/h3-4,7,9-13H,5-6,8H2,1-2H3,(H,25,26)/b15-12-. The summed E-state index contributed by atoms with van der Waals surface area (Å²) in [5.41, 5.74) is 4.70. The minimum atomic E-state index is -0.901. The molecule has 0 fully saturated rings. The maximum atomic E-state index is 12.0. The first-order valence-corrected chi connectivity index (χ1v) is 9.20. The lowest BCUT2D eigenvalue weighted by Crippen LogP contribution is -2.13. The second-order valence-corrected chi connectivity index (χ2v) is 6.77. The largest absolute Gasteiger partial charge is 0.493 e. The van der Waals surface area contributed by atoms with E-state index in [0.717, 1.165) is 41.7 Å². The molecule has 0 unspecified atom stereocenters. The molecule has 28 heavy (non-hydrogen) atoms. The summed E-state index contributed by atoms with van der Waals surface area (Å²) < 4.78 is 10.7. The average molecular weight is 375 g/mol. The van der Waals surface area contributed by atoms with Gasteiger partial charge in [0.1, 0.15) is 0 Å². The third-order valence-electron chi connectivity index (χ3n) is 5.13. The number of rotatable bonds is 4. The third kappa shape index (κ3) is 3.09. The zero-order chi connectivity index (χ0) is 19.7. The van der Waals surface area contributed by atoms with E-state index in [9.17, 15) is 9.90 Å². The number of aromatic nitrogens is 1. The van der Waals surface area contributed by atoms with Crippen LogP contribution in [-0.2, 0) is 6.42 Å². The van der Waals surface area contributed by atoms with Gasteiger partial charge >= 0.3 is 5.97 Å². The Morgan fingerprint density at radius 3 is 2.61 bits per heavy atom. The van der Waals surface area contributed by atoms with Crippen LogP contribution in [0.15, 0.2) is 42.5 Å². The molecule has 0 saturated carbocycles. The summed E-state index contributed by atoms with van der Waals surface area (Å²) in [6.07, 6.45) is 4.53. The summed E-state index contributed by atoms with van der Waals surface area (Å²) >= 11 is 0. The van der Waals surface area contributed by atoms with Crippen molar-refractivity contribution in [3.63, 3.8) is 0 Å². The molecule has 0 atom stereocenters. The van der Waals surface area contributed by atoms with E-state index < -0.39 is 5.97 Å². The number of hydrogen-bond donors (Lipinski definition) is 1. The summed E-state index contributed by atoms with van der Waals surface area (Å²) in [4.78, 5) is 16.9. The van der Waals surface area contributed by atoms with Crippen molar-refractivity contribution in [3.8, 4) is 11.5 Å². The Bertz CT molecular complexity index is 1100. The van der Waals surface area contributed by atoms with Gasteiger partial charge in [-0.05, 0) is 60.2 Å². The van der Waals surface area contributed by atoms with Crippen LogP contribution >= 0.6 is 0 Å². The Labute approximate surface area is 163 Å². The van der Waals surface area contributed by atoms with E-state index >= 15 is 0 Å². The van der Waals surface area contributed by atoms with E-state index in [1.165, 1.54) is 0 Å². The Balaban J connectivity index is 1.90. The van der Waals surface area contributed by atoms with E-state index in [2.05, 4.69) is 6.08 Å². The molecule has 4 rings (SSSR count). The zero-order valence-corrected chi connectivity index (χ0v) is 15.9. The fourth-order valence-electron chi connectivity index (χ4n) is 3.86. The van der Waals surface area contributed by atoms with Crippen molar-refractivity contribution in [2.75, 3.05) is 14.2 Å². The highest BCUT2D eigenvalue weighted by Crippen LogP contribution is 2.37. The van der Waals surface area contributed by atoms with Gasteiger partial charge in [0.25, 0.3) is 0 Å². The third-order valence-corrected chi connectivity index (χ3v) is 5.13. The molecule has 1 aliphatic rings. The number of fused-ring (bicyclic) bond motifs is 2. The van der Waals surface area contributed by atoms with Crippen molar-refractivity contribution >= 4 is 28.5 Å². The minimum absolute atomic E-state index is 0.374. The van der Waals surface area contributed by atoms with Crippen LogP contribution in [0.4, 0.5) is 0 Å². The topological polar surface area (TPSA) is 68.7 Å². The Kier molecular flexibility index (Phi) is 4.74. The van der Waals surface area contributed by atoms with Gasteiger partial charge in [-0.3, -0.25) is 0 Å². The molecule has 5 nitrogen and oxygen atoms in total. The molecular weight excluding hydrogens is 354 g/mol. The van der Waals surface area contributed by atoms with Crippen molar-refractivity contribution < 1.29 is 19.4 Å². The first kappa shape index (κ1) is 18.0. The van der Waals surface area contributed by atoms with Crippen LogP contribution in [-0.4, -0.2) is 30.3 Å². The number of pyridine rings is 1. The van der Waals surface area contributed by atoms with Gasteiger partial charge in [0, 0.05) is 5.39 Å². The van der Waals surface area contributed by atoms with Crippen LogP contribution in [0.2, 0.25) is 0 Å². The van der Waals surface area contributed by atoms with Crippen molar-refractivity contribution in [1.29, 1.82) is 0 Å². The highest BCUT2D eigenvalue weighted by Gasteiger charge is 2.24. The van der Waals surface area contributed by atoms with E-state index in [1.54, 1.807) is 14.2 Å². The summed E-state index contributed by atoms with van der Waals surface area (Å²) in [6, 6.07) is 13.2. The van der Waals surface area contributed by atoms with Gasteiger partial charge in [0.05, 0.1) is 31.0 Å². The van der Waals surface area contributed by atoms with Crippen LogP contribution in [0.1, 0.15) is 40.0 Å². The Morgan fingerprint density at radius 1 is 1.07 bits per heavy atom. The number of ether oxygens (including phenoxy) is 2. The number of nitrogens with zero attached hydrogens (tertiary/aromatic N) is 1. The van der Waals surface area contributed by atoms with E-state index in [1.807, 2.05) is 42.5 Å². The first-order chi connectivity index (χ1) is 13.6. The Morgan fingerprint density at radius 2 is 1.86 bits per heavy atom. The minimum Gasteiger partial charge on any atom is -0.493 e. The molecule has 0 radical (unpaired) electrons. The maximum absolute atomic E-state index is 12.0. The lowest BCUT2D eigenvalue weighted by atomic mass is 9.86. The van der Waals surface area contributed by atoms with Gasteiger partial charge in [-0.1, -0.05) is 24.3 Å². The van der Waals surface area contributed by atoms with Crippen LogP contribution < -0.4 is 9.47 Å². The number of allylic oxidation sites excluding steroid dienone is 1. The fourth-order valence-corrected chi connectivity index (χ4v) is 3.86. The predicted octanol–water partition coefficient (Wildman–Crippen LogP) is 4.83. The molecule has 1 N–H and O–H groups in total. The first-order valence-electron chi connectivity index (χ1n) is 9.20. The Hall–Kier alpha value is -3.34. The molecule has 0 bridgehead atoms. The van der Waals surface area contributed by atoms with Gasteiger partial charge in [-0.25, -0.2) is 9.78 Å². The van der Waals surface area contributed by atoms with Gasteiger partial charge in [-0.15, -0.1) is 0 Å². The quantitative estimate of drug-likeness (QED) is 0.707. The molecule has 0 spiro atoms. The van der Waals surface area contributed by atoms with Crippen LogP contribution in [0.3, 0.4) is 0 Å². The molecule has 142 valence electrons. The maximum Gasteiger partial charge on any atom is 0.336 e. The smallest absolute Gasteiger partial charge is 0.336 e. The zero-order valence-electron chi connectivity index (χ0n) is 15.9. The molecule has 5 heteroatoms. The van der Waals surface area contributed by atoms with Crippen LogP contribution in [0, 0.1) is 0 Å². The summed E-state index contributed by atoms with van der Waals surface area (Å²) in [5.74, 6) is 0.429. The second-order valence-electron chi connectivity index (χ2n) is 6.77. The number of methoxy groups -OCH3 is 2. The van der Waals surface area contributed by atoms with Gasteiger partial charge in [-0.2, -0.15) is 0 Å². The molecule has 0 amide bonds. The molecular formula is C23H21NO4. The molecule has 1 aromatic heterocycles. The predicted molar refractivity (Wildman–Crippen MR) is 109 cm³/mol. The monoisotopic (exact) mass is 375 g/mol. The van der Waals surface area contributed by atoms with Crippen molar-refractivity contribution in [2.24, 2.45) is 0 Å². The summed E-state index contributed by atoms with van der Waals surface area (Å²) in [7, 11) is 3.22. The van der Waals surface area contributed by atoms with Crippen molar-refractivity contribution in [1.82, 2.24) is 4.98 Å². The molecule has 2 aromatic carbocycles. The summed E-state index contributed by atoms with van der Waals surface area (Å²) in [6.45, 7) is 0. The highest BCUT2D eigenvalue weighted by molar-refractivity contribution is 6.05. The van der Waals surface area contributed by atoms with Crippen LogP contribution in [0.25, 0.3) is 22.6 Å². The molecule has 0 saturated heterocycles. The van der Waals surface area contributed by atoms with Gasteiger partial charge in [0.2, 0.25) is 0 Å². The van der Waals surface area contributed by atoms with E-state index in [-0.39, 0.29) is 0 Å². The number of para-hydroxylation sites is 1. The highest BCUT2D eigenvalue weighted by atomic mass is 16.5. The number of benzene rings is 2. The van der Waals surface area contributed by atoms with Crippen LogP contribution in [0.5, 0.6) is 11.5 Å². The lowest BCUT2D eigenvalue weighted by Gasteiger charge is -2.21. The average Bonchev–Trinajstić information content (AvgIpc) is 2.72. The van der Waals surface area contributed by atoms with Crippen molar-refractivity contribution in [2.45, 2.75) is 19.3 Å². The number of aromatic carboxylic acids is 1. The van der Waals surface area contributed by atoms with Crippen molar-refractivity contribution in [3.05, 3.63) is 64.8 Å². The lowest BCUT2D eigenvalue weighted by molar-refractivity contribution is 0.0697. The van der Waals surface area contributed by atoms with Gasteiger partial charge < -0.3 is 14.6 Å². The molecule has 0 aliphatic heterocycles. The molecule has 1 aliphatic carbocycles. The molecule has 3 aromatic rings.